The number of primary amides is 1. The minimum absolute atomic E-state index is 0.404. The van der Waals surface area contributed by atoms with Crippen molar-refractivity contribution in [1.29, 1.82) is 0 Å². The van der Waals surface area contributed by atoms with E-state index in [0.717, 1.165) is 11.3 Å². The Hall–Kier alpha value is -3.06. The van der Waals surface area contributed by atoms with E-state index in [4.69, 9.17) is 10.8 Å². The standard InChI is InChI=1S/C23H25N5OS/c1-14(2)17-9-11-18(12-10-17)20-19(21(24)29)15(3)25-22-26-23(27-28(20)22)30-13-16-7-5-4-6-8-16/h4-12,14,20H,13H2,1-3H3,(H2,24,29)(H,25,26,27)/t20-/m0/s1. The number of amides is 1. The first kappa shape index (κ1) is 20.2. The van der Waals surface area contributed by atoms with E-state index in [2.05, 4.69) is 48.4 Å². The van der Waals surface area contributed by atoms with Gasteiger partial charge in [0.2, 0.25) is 17.0 Å². The molecule has 0 radical (unpaired) electrons. The van der Waals surface area contributed by atoms with Gasteiger partial charge in [0.05, 0.1) is 5.57 Å². The molecule has 7 heteroatoms. The fourth-order valence-electron chi connectivity index (χ4n) is 3.61. The molecule has 2 heterocycles. The Balaban J connectivity index is 1.69. The predicted octanol–water partition coefficient (Wildman–Crippen LogP) is 4.47. The van der Waals surface area contributed by atoms with Crippen molar-refractivity contribution >= 4 is 23.6 Å². The smallest absolute Gasteiger partial charge is 0.248 e. The first-order valence-electron chi connectivity index (χ1n) is 9.94. The zero-order valence-electron chi connectivity index (χ0n) is 17.3. The van der Waals surface area contributed by atoms with Crippen LogP contribution in [-0.2, 0) is 10.5 Å². The zero-order valence-corrected chi connectivity index (χ0v) is 18.1. The maximum absolute atomic E-state index is 12.3. The molecule has 1 aliphatic rings. The second-order valence-corrected chi connectivity index (χ2v) is 8.63. The first-order valence-corrected chi connectivity index (χ1v) is 10.9. The number of allylic oxidation sites excluding steroid dienone is 1. The number of nitrogens with zero attached hydrogens (tertiary/aromatic N) is 3. The Bertz CT molecular complexity index is 1090. The van der Waals surface area contributed by atoms with Crippen molar-refractivity contribution in [2.45, 2.75) is 43.6 Å². The van der Waals surface area contributed by atoms with Crippen molar-refractivity contribution in [2.75, 3.05) is 5.32 Å². The van der Waals surface area contributed by atoms with Crippen LogP contribution >= 0.6 is 11.8 Å². The lowest BCUT2D eigenvalue weighted by Crippen LogP contribution is -2.31. The van der Waals surface area contributed by atoms with E-state index >= 15 is 0 Å². The molecule has 0 spiro atoms. The highest BCUT2D eigenvalue weighted by Crippen LogP contribution is 2.36. The lowest BCUT2D eigenvalue weighted by molar-refractivity contribution is -0.115. The van der Waals surface area contributed by atoms with Crippen molar-refractivity contribution in [3.8, 4) is 0 Å². The van der Waals surface area contributed by atoms with Crippen LogP contribution in [0.2, 0.25) is 0 Å². The molecule has 4 rings (SSSR count). The highest BCUT2D eigenvalue weighted by molar-refractivity contribution is 7.98. The molecule has 1 atom stereocenters. The predicted molar refractivity (Wildman–Crippen MR) is 120 cm³/mol. The van der Waals surface area contributed by atoms with Gasteiger partial charge >= 0.3 is 0 Å². The molecule has 1 aromatic heterocycles. The molecular formula is C23H25N5OS. The maximum atomic E-state index is 12.3. The lowest BCUT2D eigenvalue weighted by atomic mass is 9.93. The minimum Gasteiger partial charge on any atom is -0.366 e. The minimum atomic E-state index is -0.461. The van der Waals surface area contributed by atoms with Crippen LogP contribution in [0.4, 0.5) is 5.95 Å². The van der Waals surface area contributed by atoms with Crippen LogP contribution in [0.3, 0.4) is 0 Å². The quantitative estimate of drug-likeness (QED) is 0.576. The summed E-state index contributed by atoms with van der Waals surface area (Å²) in [6.07, 6.45) is 0. The van der Waals surface area contributed by atoms with Gasteiger partial charge in [0, 0.05) is 11.4 Å². The Kier molecular flexibility index (Phi) is 5.63. The number of aromatic nitrogens is 3. The van der Waals surface area contributed by atoms with Crippen LogP contribution < -0.4 is 11.1 Å². The second kappa shape index (κ2) is 8.36. The number of carbonyl (C=O) groups is 1. The van der Waals surface area contributed by atoms with Crippen molar-refractivity contribution < 1.29 is 4.79 Å². The molecule has 1 amide bonds. The van der Waals surface area contributed by atoms with Gasteiger partial charge in [-0.05, 0) is 29.5 Å². The monoisotopic (exact) mass is 419 g/mol. The fraction of sp³-hybridized carbons (Fsp3) is 0.261. The molecule has 1 aliphatic heterocycles. The van der Waals surface area contributed by atoms with Crippen molar-refractivity contribution in [2.24, 2.45) is 5.73 Å². The topological polar surface area (TPSA) is 85.8 Å². The van der Waals surface area contributed by atoms with Crippen LogP contribution in [0.5, 0.6) is 0 Å². The van der Waals surface area contributed by atoms with Crippen molar-refractivity contribution in [3.63, 3.8) is 0 Å². The summed E-state index contributed by atoms with van der Waals surface area (Å²) in [5.74, 6) is 1.36. The summed E-state index contributed by atoms with van der Waals surface area (Å²) in [7, 11) is 0. The number of rotatable bonds is 6. The van der Waals surface area contributed by atoms with E-state index < -0.39 is 11.9 Å². The number of thioether (sulfide) groups is 1. The van der Waals surface area contributed by atoms with Crippen LogP contribution in [0.1, 0.15) is 49.4 Å². The molecule has 0 unspecified atom stereocenters. The van der Waals surface area contributed by atoms with Gasteiger partial charge in [-0.15, -0.1) is 5.10 Å². The second-order valence-electron chi connectivity index (χ2n) is 7.69. The van der Waals surface area contributed by atoms with Crippen LogP contribution in [0, 0.1) is 0 Å². The van der Waals surface area contributed by atoms with E-state index in [-0.39, 0.29) is 0 Å². The van der Waals surface area contributed by atoms with E-state index in [9.17, 15) is 4.79 Å². The Morgan fingerprint density at radius 3 is 2.50 bits per heavy atom. The van der Waals surface area contributed by atoms with Crippen molar-refractivity contribution in [1.82, 2.24) is 14.8 Å². The highest BCUT2D eigenvalue weighted by Gasteiger charge is 2.33. The van der Waals surface area contributed by atoms with Gasteiger partial charge in [-0.25, -0.2) is 4.68 Å². The molecule has 2 aromatic carbocycles. The molecule has 154 valence electrons. The van der Waals surface area contributed by atoms with Gasteiger partial charge in [0.25, 0.3) is 0 Å². The number of hydrogen-bond acceptors (Lipinski definition) is 5. The molecule has 0 bridgehead atoms. The third-order valence-electron chi connectivity index (χ3n) is 5.23. The molecule has 30 heavy (non-hydrogen) atoms. The Morgan fingerprint density at radius 2 is 1.87 bits per heavy atom. The van der Waals surface area contributed by atoms with Gasteiger partial charge in [-0.1, -0.05) is 80.2 Å². The zero-order chi connectivity index (χ0) is 21.3. The maximum Gasteiger partial charge on any atom is 0.248 e. The number of nitrogens with one attached hydrogen (secondary N) is 1. The summed E-state index contributed by atoms with van der Waals surface area (Å²) in [6, 6.07) is 18.1. The van der Waals surface area contributed by atoms with Crippen LogP contribution in [0.25, 0.3) is 0 Å². The third-order valence-corrected chi connectivity index (χ3v) is 6.14. The highest BCUT2D eigenvalue weighted by atomic mass is 32.2. The molecule has 3 N–H and O–H groups in total. The average molecular weight is 420 g/mol. The molecular weight excluding hydrogens is 394 g/mol. The molecule has 0 saturated carbocycles. The van der Waals surface area contributed by atoms with Gasteiger partial charge < -0.3 is 11.1 Å². The largest absolute Gasteiger partial charge is 0.366 e. The van der Waals surface area contributed by atoms with Gasteiger partial charge in [0.15, 0.2) is 0 Å². The van der Waals surface area contributed by atoms with Gasteiger partial charge in [-0.3, -0.25) is 4.79 Å². The summed E-state index contributed by atoms with van der Waals surface area (Å²) < 4.78 is 1.77. The Morgan fingerprint density at radius 1 is 1.17 bits per heavy atom. The lowest BCUT2D eigenvalue weighted by Gasteiger charge is -2.27. The summed E-state index contributed by atoms with van der Waals surface area (Å²) in [6.45, 7) is 6.17. The Labute approximate surface area is 180 Å². The fourth-order valence-corrected chi connectivity index (χ4v) is 4.39. The third kappa shape index (κ3) is 3.98. The van der Waals surface area contributed by atoms with Crippen molar-refractivity contribution in [3.05, 3.63) is 82.6 Å². The number of nitrogens with two attached hydrogens (primary N) is 1. The summed E-state index contributed by atoms with van der Waals surface area (Å²) in [5.41, 5.74) is 10.4. The summed E-state index contributed by atoms with van der Waals surface area (Å²) >= 11 is 1.56. The van der Waals surface area contributed by atoms with E-state index in [1.165, 1.54) is 11.1 Å². The number of fused-ring (bicyclic) bond motifs is 1. The van der Waals surface area contributed by atoms with E-state index in [0.29, 0.717) is 28.3 Å². The number of benzene rings is 2. The normalized spacial score (nSPS) is 15.8. The molecule has 0 saturated heterocycles. The molecule has 3 aromatic rings. The summed E-state index contributed by atoms with van der Waals surface area (Å²) in [5, 5.41) is 8.56. The molecule has 0 fully saturated rings. The number of carbonyl (C=O) groups excluding carboxylic acids is 1. The first-order chi connectivity index (χ1) is 14.4. The van der Waals surface area contributed by atoms with E-state index in [1.807, 2.05) is 37.3 Å². The molecule has 6 nitrogen and oxygen atoms in total. The SMILES string of the molecule is CC1=C(C(N)=O)[C@H](c2ccc(C(C)C)cc2)n2nc(SCc3ccccc3)nc2N1. The average Bonchev–Trinajstić information content (AvgIpc) is 3.14. The summed E-state index contributed by atoms with van der Waals surface area (Å²) in [4.78, 5) is 17.0. The van der Waals surface area contributed by atoms with Gasteiger partial charge in [0.1, 0.15) is 6.04 Å². The van der Waals surface area contributed by atoms with Crippen LogP contribution in [0.15, 0.2) is 71.0 Å². The number of anilines is 1. The number of hydrogen-bond donors (Lipinski definition) is 2. The van der Waals surface area contributed by atoms with E-state index in [1.54, 1.807) is 16.4 Å². The van der Waals surface area contributed by atoms with Gasteiger partial charge in [-0.2, -0.15) is 4.98 Å². The van der Waals surface area contributed by atoms with Crippen LogP contribution in [-0.4, -0.2) is 20.7 Å². The molecule has 0 aliphatic carbocycles.